The molecule has 2 aromatic rings. The van der Waals surface area contributed by atoms with Gasteiger partial charge in [0.1, 0.15) is 5.69 Å². The lowest BCUT2D eigenvalue weighted by Crippen LogP contribution is -2.27. The summed E-state index contributed by atoms with van der Waals surface area (Å²) in [6.07, 6.45) is 3.22. The molecule has 0 fully saturated rings. The van der Waals surface area contributed by atoms with Gasteiger partial charge in [0.25, 0.3) is 5.91 Å². The zero-order valence-electron chi connectivity index (χ0n) is 9.11. The quantitative estimate of drug-likeness (QED) is 0.780. The van der Waals surface area contributed by atoms with E-state index in [1.54, 1.807) is 17.1 Å². The van der Waals surface area contributed by atoms with Gasteiger partial charge in [0.15, 0.2) is 0 Å². The summed E-state index contributed by atoms with van der Waals surface area (Å²) >= 11 is 0.918. The lowest BCUT2D eigenvalue weighted by atomic mass is 10.4. The normalized spacial score (nSPS) is 10.2. The highest BCUT2D eigenvalue weighted by atomic mass is 32.1. The SMILES string of the molecule is O=C(NCCn1ccnn1)c1csc(C(=O)O)n1. The fourth-order valence-corrected chi connectivity index (χ4v) is 1.84. The molecule has 9 heteroatoms. The highest BCUT2D eigenvalue weighted by Crippen LogP contribution is 2.09. The van der Waals surface area contributed by atoms with Crippen LogP contribution in [0.3, 0.4) is 0 Å². The van der Waals surface area contributed by atoms with E-state index in [0.29, 0.717) is 13.1 Å². The van der Waals surface area contributed by atoms with E-state index in [2.05, 4.69) is 20.6 Å². The first kappa shape index (κ1) is 12.2. The number of aromatic nitrogens is 4. The average Bonchev–Trinajstić information content (AvgIpc) is 2.99. The number of nitrogens with zero attached hydrogens (tertiary/aromatic N) is 4. The van der Waals surface area contributed by atoms with Gasteiger partial charge in [-0.05, 0) is 0 Å². The number of carbonyl (C=O) groups excluding carboxylic acids is 1. The minimum atomic E-state index is -1.14. The summed E-state index contributed by atoms with van der Waals surface area (Å²) in [5.74, 6) is -1.54. The van der Waals surface area contributed by atoms with Gasteiger partial charge in [-0.25, -0.2) is 9.78 Å². The molecule has 0 aliphatic rings. The Morgan fingerprint density at radius 3 is 2.94 bits per heavy atom. The van der Waals surface area contributed by atoms with Crippen LogP contribution in [-0.2, 0) is 6.54 Å². The smallest absolute Gasteiger partial charge is 0.365 e. The minimum Gasteiger partial charge on any atom is -0.476 e. The van der Waals surface area contributed by atoms with Crippen molar-refractivity contribution in [3.8, 4) is 0 Å². The molecule has 2 rings (SSSR count). The highest BCUT2D eigenvalue weighted by Gasteiger charge is 2.13. The van der Waals surface area contributed by atoms with Gasteiger partial charge < -0.3 is 10.4 Å². The molecule has 2 heterocycles. The highest BCUT2D eigenvalue weighted by molar-refractivity contribution is 7.11. The summed E-state index contributed by atoms with van der Waals surface area (Å²) in [5.41, 5.74) is 0.107. The molecule has 18 heavy (non-hydrogen) atoms. The van der Waals surface area contributed by atoms with Crippen LogP contribution in [0, 0.1) is 0 Å². The van der Waals surface area contributed by atoms with Crippen molar-refractivity contribution in [1.82, 2.24) is 25.3 Å². The molecule has 0 saturated carbocycles. The standard InChI is InChI=1S/C9H9N5O3S/c15-7(6-5-18-8(12-6)9(16)17)10-1-3-14-4-2-11-13-14/h2,4-5H,1,3H2,(H,10,15)(H,16,17). The van der Waals surface area contributed by atoms with Gasteiger partial charge in [-0.1, -0.05) is 5.21 Å². The van der Waals surface area contributed by atoms with Gasteiger partial charge >= 0.3 is 5.97 Å². The van der Waals surface area contributed by atoms with Gasteiger partial charge in [0.05, 0.1) is 12.7 Å². The Bertz CT molecular complexity index is 550. The maximum Gasteiger partial charge on any atom is 0.365 e. The summed E-state index contributed by atoms with van der Waals surface area (Å²) in [6, 6.07) is 0. The number of thiazole rings is 1. The third kappa shape index (κ3) is 2.88. The molecule has 0 unspecified atom stereocenters. The van der Waals surface area contributed by atoms with Crippen molar-refractivity contribution in [2.45, 2.75) is 6.54 Å². The first-order valence-corrected chi connectivity index (χ1v) is 5.86. The largest absolute Gasteiger partial charge is 0.476 e. The number of carbonyl (C=O) groups is 2. The first-order chi connectivity index (χ1) is 8.66. The van der Waals surface area contributed by atoms with Gasteiger partial charge in [-0.15, -0.1) is 16.4 Å². The van der Waals surface area contributed by atoms with Crippen molar-refractivity contribution in [2.75, 3.05) is 6.54 Å². The minimum absolute atomic E-state index is 0.101. The third-order valence-corrected chi connectivity index (χ3v) is 2.85. The van der Waals surface area contributed by atoms with Crippen LogP contribution in [0.2, 0.25) is 0 Å². The van der Waals surface area contributed by atoms with Crippen molar-refractivity contribution < 1.29 is 14.7 Å². The van der Waals surface area contributed by atoms with E-state index in [0.717, 1.165) is 11.3 Å². The Labute approximate surface area is 105 Å². The topological polar surface area (TPSA) is 110 Å². The molecular formula is C9H9N5O3S. The Morgan fingerprint density at radius 2 is 2.33 bits per heavy atom. The van der Waals surface area contributed by atoms with Crippen LogP contribution in [-0.4, -0.2) is 43.5 Å². The molecular weight excluding hydrogens is 258 g/mol. The number of carboxylic acids is 1. The maximum absolute atomic E-state index is 11.6. The number of amides is 1. The summed E-state index contributed by atoms with van der Waals surface area (Å²) < 4.78 is 1.57. The average molecular weight is 267 g/mol. The van der Waals surface area contributed by atoms with E-state index in [4.69, 9.17) is 5.11 Å². The fourth-order valence-electron chi connectivity index (χ4n) is 1.20. The molecule has 0 bridgehead atoms. The molecule has 94 valence electrons. The van der Waals surface area contributed by atoms with Gasteiger partial charge in [0, 0.05) is 18.1 Å². The second-order valence-corrected chi connectivity index (χ2v) is 4.12. The zero-order valence-corrected chi connectivity index (χ0v) is 9.92. The molecule has 0 atom stereocenters. The molecule has 0 saturated heterocycles. The van der Waals surface area contributed by atoms with E-state index in [9.17, 15) is 9.59 Å². The number of carboxylic acid groups (broad SMARTS) is 1. The number of rotatable bonds is 5. The summed E-state index contributed by atoms with van der Waals surface area (Å²) in [7, 11) is 0. The first-order valence-electron chi connectivity index (χ1n) is 4.98. The van der Waals surface area contributed by atoms with E-state index in [1.807, 2.05) is 0 Å². The predicted molar refractivity (Wildman–Crippen MR) is 61.4 cm³/mol. The van der Waals surface area contributed by atoms with Crippen LogP contribution in [0.25, 0.3) is 0 Å². The van der Waals surface area contributed by atoms with E-state index in [-0.39, 0.29) is 10.7 Å². The Hall–Kier alpha value is -2.29. The molecule has 8 nitrogen and oxygen atoms in total. The second kappa shape index (κ2) is 5.36. The molecule has 0 aliphatic carbocycles. The van der Waals surface area contributed by atoms with Crippen molar-refractivity contribution in [2.24, 2.45) is 0 Å². The van der Waals surface area contributed by atoms with Crippen molar-refractivity contribution in [3.05, 3.63) is 28.5 Å². The second-order valence-electron chi connectivity index (χ2n) is 3.27. The summed E-state index contributed by atoms with van der Waals surface area (Å²) in [6.45, 7) is 0.851. The van der Waals surface area contributed by atoms with Crippen molar-refractivity contribution in [3.63, 3.8) is 0 Å². The van der Waals surface area contributed by atoms with Crippen molar-refractivity contribution >= 4 is 23.2 Å². The maximum atomic E-state index is 11.6. The summed E-state index contributed by atoms with van der Waals surface area (Å²) in [4.78, 5) is 25.9. The number of aromatic carboxylic acids is 1. The van der Waals surface area contributed by atoms with Gasteiger partial charge in [0.2, 0.25) is 5.01 Å². The van der Waals surface area contributed by atoms with Crippen LogP contribution in [0.1, 0.15) is 20.3 Å². The Balaban J connectivity index is 1.85. The Morgan fingerprint density at radius 1 is 1.50 bits per heavy atom. The van der Waals surface area contributed by atoms with E-state index >= 15 is 0 Å². The molecule has 0 spiro atoms. The molecule has 0 aromatic carbocycles. The van der Waals surface area contributed by atoms with Crippen LogP contribution >= 0.6 is 11.3 Å². The van der Waals surface area contributed by atoms with E-state index in [1.165, 1.54) is 5.38 Å². The van der Waals surface area contributed by atoms with Gasteiger partial charge in [-0.2, -0.15) is 0 Å². The molecule has 1 amide bonds. The Kier molecular flexibility index (Phi) is 3.63. The number of hydrogen-bond acceptors (Lipinski definition) is 6. The van der Waals surface area contributed by atoms with Gasteiger partial charge in [-0.3, -0.25) is 9.48 Å². The molecule has 0 aliphatic heterocycles. The van der Waals surface area contributed by atoms with Crippen LogP contribution in [0.5, 0.6) is 0 Å². The molecule has 2 aromatic heterocycles. The number of hydrogen-bond donors (Lipinski definition) is 2. The monoisotopic (exact) mass is 267 g/mol. The number of nitrogens with one attached hydrogen (secondary N) is 1. The van der Waals surface area contributed by atoms with Crippen molar-refractivity contribution in [1.29, 1.82) is 0 Å². The predicted octanol–water partition coefficient (Wildman–Crippen LogP) is -0.137. The summed E-state index contributed by atoms with van der Waals surface area (Å²) in [5, 5.41) is 20.0. The lowest BCUT2D eigenvalue weighted by Gasteiger charge is -2.02. The molecule has 0 radical (unpaired) electrons. The van der Waals surface area contributed by atoms with E-state index < -0.39 is 11.9 Å². The van der Waals surface area contributed by atoms with Crippen LogP contribution < -0.4 is 5.32 Å². The fraction of sp³-hybridized carbons (Fsp3) is 0.222. The zero-order chi connectivity index (χ0) is 13.0. The lowest BCUT2D eigenvalue weighted by molar-refractivity contribution is 0.0696. The third-order valence-electron chi connectivity index (χ3n) is 2.02. The van der Waals surface area contributed by atoms with Crippen LogP contribution in [0.4, 0.5) is 0 Å². The molecule has 2 N–H and O–H groups in total. The van der Waals surface area contributed by atoms with Crippen LogP contribution in [0.15, 0.2) is 17.8 Å².